The van der Waals surface area contributed by atoms with Gasteiger partial charge in [0.05, 0.1) is 6.10 Å². The number of aliphatic carboxylic acids is 1. The predicted octanol–water partition coefficient (Wildman–Crippen LogP) is 1.22. The lowest BCUT2D eigenvalue weighted by Gasteiger charge is -2.00. The molecule has 0 aliphatic carbocycles. The predicted molar refractivity (Wildman–Crippen MR) is 50.0 cm³/mol. The molecule has 0 saturated heterocycles. The first kappa shape index (κ1) is 10.8. The third-order valence-electron chi connectivity index (χ3n) is 1.85. The Hall–Kier alpha value is -1.29. The summed E-state index contributed by atoms with van der Waals surface area (Å²) in [6, 6.07) is 3.41. The van der Waals surface area contributed by atoms with Crippen LogP contribution < -0.4 is 0 Å². The number of hydrogen-bond donors (Lipinski definition) is 2. The first-order valence-electron chi connectivity index (χ1n) is 4.55. The molecule has 78 valence electrons. The van der Waals surface area contributed by atoms with Gasteiger partial charge in [-0.2, -0.15) is 0 Å². The van der Waals surface area contributed by atoms with Crippen LogP contribution in [0.2, 0.25) is 0 Å². The van der Waals surface area contributed by atoms with E-state index in [1.807, 2.05) is 0 Å². The molecule has 0 bridgehead atoms. The minimum atomic E-state index is -0.901. The average molecular weight is 198 g/mol. The number of rotatable bonds is 5. The molecule has 0 aliphatic heterocycles. The van der Waals surface area contributed by atoms with Crippen LogP contribution >= 0.6 is 0 Å². The van der Waals surface area contributed by atoms with Crippen LogP contribution in [-0.4, -0.2) is 22.3 Å². The number of carbonyl (C=O) groups is 1. The van der Waals surface area contributed by atoms with E-state index in [4.69, 9.17) is 14.6 Å². The smallest absolute Gasteiger partial charge is 0.311 e. The SMILES string of the molecule is CC(O)CCc1ccc(CC(=O)O)o1. The van der Waals surface area contributed by atoms with Crippen molar-refractivity contribution in [2.24, 2.45) is 0 Å². The molecule has 1 rings (SSSR count). The molecule has 0 saturated carbocycles. The van der Waals surface area contributed by atoms with Crippen molar-refractivity contribution in [1.82, 2.24) is 0 Å². The molecule has 1 heterocycles. The number of aliphatic hydroxyl groups is 1. The van der Waals surface area contributed by atoms with E-state index in [2.05, 4.69) is 0 Å². The highest BCUT2D eigenvalue weighted by Crippen LogP contribution is 2.11. The topological polar surface area (TPSA) is 70.7 Å². The lowest BCUT2D eigenvalue weighted by atomic mass is 10.2. The van der Waals surface area contributed by atoms with E-state index >= 15 is 0 Å². The van der Waals surface area contributed by atoms with Gasteiger partial charge in [0.15, 0.2) is 0 Å². The average Bonchev–Trinajstić information content (AvgIpc) is 2.47. The Labute approximate surface area is 82.2 Å². The molecular formula is C10H14O4. The number of aliphatic hydroxyl groups excluding tert-OH is 1. The van der Waals surface area contributed by atoms with Crippen molar-refractivity contribution in [3.8, 4) is 0 Å². The van der Waals surface area contributed by atoms with Gasteiger partial charge in [-0.25, -0.2) is 0 Å². The molecule has 4 heteroatoms. The summed E-state index contributed by atoms with van der Waals surface area (Å²) in [5.74, 6) is 0.279. The van der Waals surface area contributed by atoms with Crippen molar-refractivity contribution < 1.29 is 19.4 Å². The molecule has 1 aromatic rings. The third-order valence-corrected chi connectivity index (χ3v) is 1.85. The van der Waals surface area contributed by atoms with Gasteiger partial charge in [0.1, 0.15) is 17.9 Å². The van der Waals surface area contributed by atoms with E-state index in [0.717, 1.165) is 5.76 Å². The summed E-state index contributed by atoms with van der Waals surface area (Å²) in [5.41, 5.74) is 0. The minimum Gasteiger partial charge on any atom is -0.481 e. The van der Waals surface area contributed by atoms with Gasteiger partial charge in [-0.15, -0.1) is 0 Å². The highest BCUT2D eigenvalue weighted by Gasteiger charge is 2.06. The lowest BCUT2D eigenvalue weighted by molar-refractivity contribution is -0.136. The summed E-state index contributed by atoms with van der Waals surface area (Å²) in [6.45, 7) is 1.71. The standard InChI is InChI=1S/C10H14O4/c1-7(11)2-3-8-4-5-9(14-8)6-10(12)13/h4-5,7,11H,2-3,6H2,1H3,(H,12,13). The Morgan fingerprint density at radius 3 is 2.71 bits per heavy atom. The molecule has 0 amide bonds. The number of carboxylic acid groups (broad SMARTS) is 1. The maximum absolute atomic E-state index is 10.3. The fourth-order valence-corrected chi connectivity index (χ4v) is 1.15. The van der Waals surface area contributed by atoms with E-state index < -0.39 is 5.97 Å². The van der Waals surface area contributed by atoms with E-state index in [1.54, 1.807) is 19.1 Å². The quantitative estimate of drug-likeness (QED) is 0.746. The van der Waals surface area contributed by atoms with E-state index in [1.165, 1.54) is 0 Å². The maximum Gasteiger partial charge on any atom is 0.311 e. The van der Waals surface area contributed by atoms with Crippen molar-refractivity contribution >= 4 is 5.97 Å². The zero-order valence-corrected chi connectivity index (χ0v) is 8.06. The summed E-state index contributed by atoms with van der Waals surface area (Å²) in [6.07, 6.45) is 0.814. The van der Waals surface area contributed by atoms with Crippen molar-refractivity contribution in [1.29, 1.82) is 0 Å². The van der Waals surface area contributed by atoms with E-state index in [0.29, 0.717) is 18.6 Å². The molecule has 1 aromatic heterocycles. The molecule has 1 atom stereocenters. The van der Waals surface area contributed by atoms with Crippen LogP contribution in [0.3, 0.4) is 0 Å². The van der Waals surface area contributed by atoms with Crippen LogP contribution in [0.4, 0.5) is 0 Å². The summed E-state index contributed by atoms with van der Waals surface area (Å²) in [4.78, 5) is 10.3. The van der Waals surface area contributed by atoms with E-state index in [-0.39, 0.29) is 12.5 Å². The fourth-order valence-electron chi connectivity index (χ4n) is 1.15. The number of aryl methyl sites for hydroxylation is 1. The van der Waals surface area contributed by atoms with Crippen LogP contribution in [-0.2, 0) is 17.6 Å². The van der Waals surface area contributed by atoms with Gasteiger partial charge < -0.3 is 14.6 Å². The molecule has 0 aromatic carbocycles. The molecule has 0 aliphatic rings. The third kappa shape index (κ3) is 3.62. The second kappa shape index (κ2) is 4.81. The number of furan rings is 1. The van der Waals surface area contributed by atoms with Crippen molar-refractivity contribution in [2.75, 3.05) is 0 Å². The van der Waals surface area contributed by atoms with Gasteiger partial charge in [0.25, 0.3) is 0 Å². The largest absolute Gasteiger partial charge is 0.481 e. The zero-order chi connectivity index (χ0) is 10.6. The van der Waals surface area contributed by atoms with Gasteiger partial charge in [0.2, 0.25) is 0 Å². The Morgan fingerprint density at radius 2 is 2.14 bits per heavy atom. The van der Waals surface area contributed by atoms with E-state index in [9.17, 15) is 4.79 Å². The van der Waals surface area contributed by atoms with Crippen molar-refractivity contribution in [3.63, 3.8) is 0 Å². The van der Waals surface area contributed by atoms with Crippen molar-refractivity contribution in [2.45, 2.75) is 32.3 Å². The monoisotopic (exact) mass is 198 g/mol. The molecule has 0 radical (unpaired) electrons. The summed E-state index contributed by atoms with van der Waals surface area (Å²) in [7, 11) is 0. The highest BCUT2D eigenvalue weighted by molar-refractivity contribution is 5.69. The zero-order valence-electron chi connectivity index (χ0n) is 8.06. The van der Waals surface area contributed by atoms with Gasteiger partial charge >= 0.3 is 5.97 Å². The number of carboxylic acids is 1. The normalized spacial score (nSPS) is 12.7. The highest BCUT2D eigenvalue weighted by atomic mass is 16.4. The van der Waals surface area contributed by atoms with Crippen LogP contribution in [0.25, 0.3) is 0 Å². The Morgan fingerprint density at radius 1 is 1.50 bits per heavy atom. The van der Waals surface area contributed by atoms with Crippen LogP contribution in [0.1, 0.15) is 24.9 Å². The molecule has 1 unspecified atom stereocenters. The van der Waals surface area contributed by atoms with Gasteiger partial charge in [-0.05, 0) is 25.5 Å². The molecule has 0 fully saturated rings. The van der Waals surface area contributed by atoms with Gasteiger partial charge in [-0.3, -0.25) is 4.79 Å². The Balaban J connectivity index is 2.46. The van der Waals surface area contributed by atoms with Gasteiger partial charge in [0, 0.05) is 6.42 Å². The summed E-state index contributed by atoms with van der Waals surface area (Å²) < 4.78 is 5.25. The number of hydrogen-bond acceptors (Lipinski definition) is 3. The molecular weight excluding hydrogens is 184 g/mol. The van der Waals surface area contributed by atoms with Crippen molar-refractivity contribution in [3.05, 3.63) is 23.7 Å². The molecule has 14 heavy (non-hydrogen) atoms. The fraction of sp³-hybridized carbons (Fsp3) is 0.500. The second-order valence-corrected chi connectivity index (χ2v) is 3.33. The molecule has 0 spiro atoms. The van der Waals surface area contributed by atoms with Crippen LogP contribution in [0.15, 0.2) is 16.5 Å². The molecule has 4 nitrogen and oxygen atoms in total. The second-order valence-electron chi connectivity index (χ2n) is 3.33. The Bertz CT molecular complexity index is 301. The van der Waals surface area contributed by atoms with Crippen LogP contribution in [0, 0.1) is 0 Å². The first-order chi connectivity index (χ1) is 6.58. The summed E-state index contributed by atoms with van der Waals surface area (Å²) >= 11 is 0. The minimum absolute atomic E-state index is 0.0886. The van der Waals surface area contributed by atoms with Gasteiger partial charge in [-0.1, -0.05) is 0 Å². The van der Waals surface area contributed by atoms with Crippen LogP contribution in [0.5, 0.6) is 0 Å². The lowest BCUT2D eigenvalue weighted by Crippen LogP contribution is -2.01. The maximum atomic E-state index is 10.3. The molecule has 2 N–H and O–H groups in total. The Kier molecular flexibility index (Phi) is 3.71. The summed E-state index contributed by atoms with van der Waals surface area (Å²) in [5, 5.41) is 17.5. The first-order valence-corrected chi connectivity index (χ1v) is 4.55.